The van der Waals surface area contributed by atoms with E-state index in [1.54, 1.807) is 45.0 Å². The lowest BCUT2D eigenvalue weighted by molar-refractivity contribution is -0.234. The first kappa shape index (κ1) is 78.5. The van der Waals surface area contributed by atoms with Crippen LogP contribution in [-0.4, -0.2) is 213 Å². The van der Waals surface area contributed by atoms with E-state index in [0.29, 0.717) is 96.2 Å². The van der Waals surface area contributed by atoms with E-state index in [2.05, 4.69) is 36.9 Å². The molecule has 2 aromatic rings. The second-order valence-corrected chi connectivity index (χ2v) is 28.9. The number of halogens is 2. The fourth-order valence-electron chi connectivity index (χ4n) is 14.9. The molecule has 31 heteroatoms. The maximum atomic E-state index is 18.0. The summed E-state index contributed by atoms with van der Waals surface area (Å²) in [6.07, 6.45) is 4.89. The Kier molecular flexibility index (Phi) is 28.2. The Morgan fingerprint density at radius 1 is 0.848 bits per heavy atom. The van der Waals surface area contributed by atoms with Crippen LogP contribution in [0.3, 0.4) is 0 Å². The first-order valence-corrected chi connectivity index (χ1v) is 36.3. The lowest BCUT2D eigenvalue weighted by Crippen LogP contribution is -2.71. The maximum Gasteiger partial charge on any atom is 0.266 e. The molecular weight excluding hydrogens is 1320 g/mol. The third-order valence-electron chi connectivity index (χ3n) is 20.1. The summed E-state index contributed by atoms with van der Waals surface area (Å²) in [6.45, 7) is 12.6. The van der Waals surface area contributed by atoms with Crippen LogP contribution in [0.5, 0.6) is 5.75 Å². The predicted molar refractivity (Wildman–Crippen MR) is 354 cm³/mol. The summed E-state index contributed by atoms with van der Waals surface area (Å²) in [6, 6.07) is 3.16. The number of rotatable bonds is 39. The Balaban J connectivity index is 0.697. The van der Waals surface area contributed by atoms with Gasteiger partial charge in [0.25, 0.3) is 10.1 Å². The van der Waals surface area contributed by atoms with Gasteiger partial charge < -0.3 is 75.3 Å². The zero-order valence-corrected chi connectivity index (χ0v) is 58.4. The Hall–Kier alpha value is -6.26. The number of hydrogen-bond donors (Lipinski definition) is 8. The summed E-state index contributed by atoms with van der Waals surface area (Å²) in [7, 11) is -4.14. The molecule has 0 spiro atoms. The SMILES string of the molecule is CCCC1O[C@@H]2C[C@H]3[C@@H]4C[C@H](F)C5=CC(=O)C=C[C@]5(C)[C@@]4(F)[C@@H](O)C[C@]3(C)[C@]2(C(=O)COc2ccc(NC(=O)[C@H](C)NC(=O)C(NC(=O)[C@H](N)CCCCNC(=O)COC3CCCCCc4c3nnn4CCOCCOCCOCCOCCC(=O)NCCS(=O)(=O)O)C(C)C)cc2)O1. The zero-order valence-electron chi connectivity index (χ0n) is 57.6. The first-order valence-electron chi connectivity index (χ1n) is 34.7. The molecule has 0 radical (unpaired) electrons. The maximum absolute atomic E-state index is 18.0. The van der Waals surface area contributed by atoms with Crippen molar-refractivity contribution in [3.8, 4) is 5.75 Å². The van der Waals surface area contributed by atoms with Crippen LogP contribution in [0.4, 0.5) is 14.5 Å². The average molecular weight is 1420 g/mol. The van der Waals surface area contributed by atoms with Gasteiger partial charge in [-0.15, -0.1) is 5.10 Å². The van der Waals surface area contributed by atoms with E-state index in [-0.39, 0.29) is 87.5 Å². The molecule has 552 valence electrons. The fraction of sp³-hybridized carbons (Fsp3) is 0.721. The number of nitrogens with two attached hydrogens (primary N) is 1. The van der Waals surface area contributed by atoms with E-state index in [1.807, 2.05) is 11.6 Å². The molecule has 1 saturated heterocycles. The van der Waals surface area contributed by atoms with Crippen molar-refractivity contribution >= 4 is 56.9 Å². The highest BCUT2D eigenvalue weighted by Gasteiger charge is 2.80. The van der Waals surface area contributed by atoms with Crippen molar-refractivity contribution < 1.29 is 98.3 Å². The quantitative estimate of drug-likeness (QED) is 0.0347. The molecule has 14 atom stereocenters. The fourth-order valence-corrected chi connectivity index (χ4v) is 15.2. The van der Waals surface area contributed by atoms with Gasteiger partial charge in [-0.2, -0.15) is 8.42 Å². The van der Waals surface area contributed by atoms with Crippen molar-refractivity contribution in [1.82, 2.24) is 36.3 Å². The van der Waals surface area contributed by atoms with Crippen LogP contribution in [-0.2, 0) is 89.8 Å². The molecule has 8 rings (SSSR count). The third-order valence-corrected chi connectivity index (χ3v) is 20.9. The molecule has 5 aliphatic carbocycles. The number of Topliss-reactive ketones (excluding diaryl/α,β-unsaturated/α-hetero) is 1. The summed E-state index contributed by atoms with van der Waals surface area (Å²) < 4.78 is 113. The predicted octanol–water partition coefficient (Wildman–Crippen LogP) is 3.97. The van der Waals surface area contributed by atoms with Crippen molar-refractivity contribution in [1.29, 1.82) is 0 Å². The highest BCUT2D eigenvalue weighted by atomic mass is 32.2. The van der Waals surface area contributed by atoms with E-state index in [4.69, 9.17) is 48.2 Å². The molecule has 1 aliphatic heterocycles. The van der Waals surface area contributed by atoms with Gasteiger partial charge in [0.2, 0.25) is 35.3 Å². The number of nitrogens with one attached hydrogen (secondary N) is 5. The number of ketones is 2. The van der Waals surface area contributed by atoms with Crippen molar-refractivity contribution in [2.45, 2.75) is 198 Å². The Morgan fingerprint density at radius 2 is 1.54 bits per heavy atom. The highest BCUT2D eigenvalue weighted by Crippen LogP contribution is 2.72. The van der Waals surface area contributed by atoms with Gasteiger partial charge in [0.05, 0.1) is 89.1 Å². The largest absolute Gasteiger partial charge is 0.486 e. The third kappa shape index (κ3) is 19.3. The van der Waals surface area contributed by atoms with Gasteiger partial charge in [0.15, 0.2) is 23.3 Å². The van der Waals surface area contributed by atoms with Crippen LogP contribution in [0.15, 0.2) is 48.1 Å². The van der Waals surface area contributed by atoms with Crippen molar-refractivity contribution in [2.75, 3.05) is 90.2 Å². The van der Waals surface area contributed by atoms with Gasteiger partial charge in [-0.3, -0.25) is 38.1 Å². The number of fused-ring (bicyclic) bond motifs is 8. The molecule has 0 bridgehead atoms. The number of hydrogen-bond acceptors (Lipinski definition) is 21. The molecule has 4 fully saturated rings. The number of anilines is 1. The number of ether oxygens (including phenoxy) is 8. The summed E-state index contributed by atoms with van der Waals surface area (Å²) in [5.41, 5.74) is 1.48. The van der Waals surface area contributed by atoms with E-state index < -0.39 is 135 Å². The van der Waals surface area contributed by atoms with Crippen LogP contribution in [0.1, 0.15) is 143 Å². The number of aliphatic hydroxyl groups is 1. The van der Waals surface area contributed by atoms with Crippen LogP contribution in [0.25, 0.3) is 0 Å². The molecule has 6 aliphatic rings. The standard InChI is InChI=1S/C68H101F2N9O19S/c1-7-13-59-97-56-38-47-48-37-50(69)49-36-45(80)21-23-65(49,5)67(48,70)54(81)39-66(47,6)68(56,98-59)55(82)40-95-46-19-17-44(18-20-46)75-62(85)43(4)74-64(87)60(42(2)3)76-63(86)51(71)14-11-12-24-72-58(84)41-96-53-16-10-8-9-15-52-61(53)77-78-79(52)26-28-92-30-32-94-34-33-93-31-29-91-27-22-57(83)73-25-35-99(88,89)90/h17-21,23,36,42-43,47-48,50-51,53-54,56,59-60,81H,7-16,22,24-35,37-41,71H2,1-6H3,(H,72,84)(H,73,83)(H,74,87)(H,75,85)(H,76,86)(H,88,89,90)/t43-,47-,48-,50-,51+,53?,54-,56+,59?,60?,65-,66-,67-,68+/m0/s1. The van der Waals surface area contributed by atoms with Gasteiger partial charge in [0.1, 0.15) is 49.0 Å². The lowest BCUT2D eigenvalue weighted by atomic mass is 9.44. The van der Waals surface area contributed by atoms with Crippen molar-refractivity contribution in [3.63, 3.8) is 0 Å². The van der Waals surface area contributed by atoms with Crippen LogP contribution >= 0.6 is 0 Å². The zero-order chi connectivity index (χ0) is 71.7. The van der Waals surface area contributed by atoms with E-state index in [0.717, 1.165) is 37.5 Å². The Morgan fingerprint density at radius 3 is 2.22 bits per heavy atom. The minimum Gasteiger partial charge on any atom is -0.486 e. The molecule has 9 N–H and O–H groups in total. The number of amides is 5. The molecule has 99 heavy (non-hydrogen) atoms. The number of aromatic nitrogens is 3. The number of allylic oxidation sites excluding steroid dienone is 4. The molecular formula is C68H101F2N9O19S. The van der Waals surface area contributed by atoms with Gasteiger partial charge in [0, 0.05) is 41.9 Å². The monoisotopic (exact) mass is 1420 g/mol. The average Bonchev–Trinajstić information content (AvgIpc) is 1.59. The van der Waals surface area contributed by atoms with Gasteiger partial charge in [-0.1, -0.05) is 58.2 Å². The van der Waals surface area contributed by atoms with Crippen LogP contribution < -0.4 is 37.1 Å². The molecule has 28 nitrogen and oxygen atoms in total. The molecule has 1 aromatic heterocycles. The van der Waals surface area contributed by atoms with E-state index in [9.17, 15) is 47.1 Å². The van der Waals surface area contributed by atoms with Gasteiger partial charge >= 0.3 is 0 Å². The van der Waals surface area contributed by atoms with Gasteiger partial charge in [-0.05, 0) is 132 Å². The smallest absolute Gasteiger partial charge is 0.266 e. The highest BCUT2D eigenvalue weighted by molar-refractivity contribution is 7.85. The van der Waals surface area contributed by atoms with Gasteiger partial charge in [-0.25, -0.2) is 13.5 Å². The Bertz CT molecular complexity index is 3290. The number of aliphatic hydroxyl groups excluding tert-OH is 1. The molecule has 1 aromatic carbocycles. The second-order valence-electron chi connectivity index (χ2n) is 27.3. The van der Waals surface area contributed by atoms with Crippen molar-refractivity contribution in [2.24, 2.45) is 34.3 Å². The summed E-state index contributed by atoms with van der Waals surface area (Å²) in [4.78, 5) is 92.1. The minimum atomic E-state index is -4.14. The van der Waals surface area contributed by atoms with Crippen molar-refractivity contribution in [3.05, 3.63) is 59.5 Å². The number of unbranched alkanes of at least 4 members (excludes halogenated alkanes) is 1. The van der Waals surface area contributed by atoms with Crippen LogP contribution in [0.2, 0.25) is 0 Å². The molecule has 5 amide bonds. The number of carbonyl (C=O) groups excluding carboxylic acids is 7. The lowest BCUT2D eigenvalue weighted by Gasteiger charge is -2.63. The molecule has 2 heterocycles. The number of carbonyl (C=O) groups is 7. The first-order chi connectivity index (χ1) is 47.1. The van der Waals surface area contributed by atoms with E-state index >= 15 is 8.78 Å². The summed E-state index contributed by atoms with van der Waals surface area (Å²) in [5.74, 6) is -5.69. The normalized spacial score (nSPS) is 27.9. The molecule has 3 unspecified atom stereocenters. The Labute approximate surface area is 577 Å². The van der Waals surface area contributed by atoms with E-state index in [1.165, 1.54) is 26.0 Å². The second kappa shape index (κ2) is 35.6. The minimum absolute atomic E-state index is 0.00534. The number of benzene rings is 1. The topological polar surface area (TPSA) is 385 Å². The summed E-state index contributed by atoms with van der Waals surface area (Å²) in [5, 5.41) is 34.2. The molecule has 3 saturated carbocycles. The summed E-state index contributed by atoms with van der Waals surface area (Å²) >= 11 is 0. The van der Waals surface area contributed by atoms with Crippen LogP contribution in [0, 0.1) is 28.6 Å². The number of nitrogens with zero attached hydrogens (tertiary/aromatic N) is 3. The number of alkyl halides is 2.